The van der Waals surface area contributed by atoms with Crippen molar-refractivity contribution in [1.29, 1.82) is 0 Å². The van der Waals surface area contributed by atoms with Crippen molar-refractivity contribution in [2.24, 2.45) is 11.8 Å². The van der Waals surface area contributed by atoms with E-state index < -0.39 is 0 Å². The molecule has 0 radical (unpaired) electrons. The van der Waals surface area contributed by atoms with Crippen LogP contribution in [0.5, 0.6) is 0 Å². The zero-order valence-electron chi connectivity index (χ0n) is 15.6. The van der Waals surface area contributed by atoms with Gasteiger partial charge in [-0.15, -0.1) is 12.4 Å². The molecule has 1 aromatic rings. The molecular formula is C21H33ClN2O. The van der Waals surface area contributed by atoms with E-state index in [1.807, 2.05) is 6.07 Å². The molecule has 2 fully saturated rings. The van der Waals surface area contributed by atoms with Crippen molar-refractivity contribution in [2.45, 2.75) is 57.9 Å². The summed E-state index contributed by atoms with van der Waals surface area (Å²) in [4.78, 5) is 14.9. The van der Waals surface area contributed by atoms with E-state index in [4.69, 9.17) is 0 Å². The topological polar surface area (TPSA) is 32.3 Å². The Balaban J connectivity index is 0.00000225. The number of amides is 1. The van der Waals surface area contributed by atoms with Gasteiger partial charge in [0.15, 0.2) is 0 Å². The van der Waals surface area contributed by atoms with E-state index in [0.29, 0.717) is 30.2 Å². The lowest BCUT2D eigenvalue weighted by molar-refractivity contribution is -0.133. The lowest BCUT2D eigenvalue weighted by Gasteiger charge is -2.34. The molecule has 4 heteroatoms. The number of halogens is 1. The Morgan fingerprint density at radius 2 is 1.76 bits per heavy atom. The lowest BCUT2D eigenvalue weighted by Crippen LogP contribution is -2.45. The van der Waals surface area contributed by atoms with E-state index in [2.05, 4.69) is 48.3 Å². The Bertz CT molecular complexity index is 522. The first-order valence-corrected chi connectivity index (χ1v) is 9.69. The third-order valence-electron chi connectivity index (χ3n) is 5.67. The number of carbonyl (C=O) groups excluding carboxylic acids is 1. The van der Waals surface area contributed by atoms with E-state index in [-0.39, 0.29) is 12.4 Å². The minimum atomic E-state index is 0. The highest BCUT2D eigenvalue weighted by Gasteiger charge is 2.28. The Kier molecular flexibility index (Phi) is 7.77. The second-order valence-electron chi connectivity index (χ2n) is 7.97. The number of carbonyl (C=O) groups is 1. The van der Waals surface area contributed by atoms with Gasteiger partial charge in [0.1, 0.15) is 0 Å². The smallest absolute Gasteiger partial charge is 0.223 e. The average molecular weight is 365 g/mol. The zero-order valence-corrected chi connectivity index (χ0v) is 16.4. The van der Waals surface area contributed by atoms with Crippen LogP contribution in [0.15, 0.2) is 30.3 Å². The van der Waals surface area contributed by atoms with Gasteiger partial charge in [0.2, 0.25) is 5.91 Å². The molecule has 2 aliphatic rings. The molecular weight excluding hydrogens is 332 g/mol. The minimum Gasteiger partial charge on any atom is -0.343 e. The number of rotatable bonds is 7. The second-order valence-corrected chi connectivity index (χ2v) is 7.97. The number of hydrogen-bond donors (Lipinski definition) is 1. The predicted octanol–water partition coefficient (Wildman–Crippen LogP) is 4.23. The van der Waals surface area contributed by atoms with Crippen LogP contribution < -0.4 is 5.32 Å². The Hall–Kier alpha value is -1.06. The van der Waals surface area contributed by atoms with Gasteiger partial charge in [-0.3, -0.25) is 4.79 Å². The van der Waals surface area contributed by atoms with Crippen molar-refractivity contribution in [2.75, 3.05) is 19.6 Å². The van der Waals surface area contributed by atoms with Crippen LogP contribution in [0.2, 0.25) is 0 Å². The summed E-state index contributed by atoms with van der Waals surface area (Å²) in [5.41, 5.74) is 1.29. The largest absolute Gasteiger partial charge is 0.343 e. The number of benzene rings is 1. The molecule has 1 N–H and O–H groups in total. The highest BCUT2D eigenvalue weighted by molar-refractivity contribution is 5.85. The summed E-state index contributed by atoms with van der Waals surface area (Å²) in [6.45, 7) is 7.46. The van der Waals surface area contributed by atoms with Crippen LogP contribution in [-0.2, 0) is 4.79 Å². The van der Waals surface area contributed by atoms with Gasteiger partial charge in [-0.2, -0.15) is 0 Å². The van der Waals surface area contributed by atoms with Gasteiger partial charge in [0.25, 0.3) is 0 Å². The van der Waals surface area contributed by atoms with Gasteiger partial charge >= 0.3 is 0 Å². The van der Waals surface area contributed by atoms with Crippen LogP contribution in [0.3, 0.4) is 0 Å². The van der Waals surface area contributed by atoms with Gasteiger partial charge in [0, 0.05) is 25.6 Å². The normalized spacial score (nSPS) is 19.6. The summed E-state index contributed by atoms with van der Waals surface area (Å²) in [5.74, 6) is 2.07. The fraction of sp³-hybridized carbons (Fsp3) is 0.667. The first-order valence-electron chi connectivity index (χ1n) is 9.69. The Morgan fingerprint density at radius 1 is 1.12 bits per heavy atom. The molecule has 0 aromatic heterocycles. The first-order chi connectivity index (χ1) is 11.6. The predicted molar refractivity (Wildman–Crippen MR) is 106 cm³/mol. The fourth-order valence-corrected chi connectivity index (χ4v) is 3.74. The third kappa shape index (κ3) is 6.00. The molecule has 3 rings (SSSR count). The number of piperidine rings is 1. The van der Waals surface area contributed by atoms with Crippen molar-refractivity contribution >= 4 is 18.3 Å². The van der Waals surface area contributed by atoms with E-state index in [0.717, 1.165) is 31.8 Å². The highest BCUT2D eigenvalue weighted by Crippen LogP contribution is 2.30. The molecule has 1 atom stereocenters. The molecule has 0 bridgehead atoms. The summed E-state index contributed by atoms with van der Waals surface area (Å²) in [6, 6.07) is 11.1. The molecule has 1 aliphatic heterocycles. The van der Waals surface area contributed by atoms with Crippen LogP contribution >= 0.6 is 12.4 Å². The molecule has 25 heavy (non-hydrogen) atoms. The van der Waals surface area contributed by atoms with E-state index in [1.165, 1.54) is 24.9 Å². The summed E-state index contributed by atoms with van der Waals surface area (Å²) < 4.78 is 0. The molecule has 0 spiro atoms. The van der Waals surface area contributed by atoms with Crippen molar-refractivity contribution in [3.8, 4) is 0 Å². The maximum absolute atomic E-state index is 12.8. The van der Waals surface area contributed by atoms with E-state index in [1.54, 1.807) is 0 Å². The van der Waals surface area contributed by atoms with Gasteiger partial charge < -0.3 is 10.2 Å². The standard InChI is InChI=1S/C21H32N2O.ClH/c1-16(2)20(18-6-4-3-5-7-18)14-21(24)23-12-10-19(11-13-23)22-15-17-8-9-17;/h3-7,16-17,19-20,22H,8-15H2,1-2H3;1H. The Morgan fingerprint density at radius 3 is 2.32 bits per heavy atom. The molecule has 1 saturated heterocycles. The van der Waals surface area contributed by atoms with Crippen LogP contribution in [0.25, 0.3) is 0 Å². The SMILES string of the molecule is CC(C)C(CC(=O)N1CCC(NCC2CC2)CC1)c1ccccc1.Cl. The second kappa shape index (κ2) is 9.59. The number of nitrogens with one attached hydrogen (secondary N) is 1. The van der Waals surface area contributed by atoms with Crippen molar-refractivity contribution < 1.29 is 4.79 Å². The molecule has 1 heterocycles. The van der Waals surface area contributed by atoms with Crippen LogP contribution in [-0.4, -0.2) is 36.5 Å². The van der Waals surface area contributed by atoms with Gasteiger partial charge in [0.05, 0.1) is 0 Å². The Labute approximate surface area is 159 Å². The monoisotopic (exact) mass is 364 g/mol. The van der Waals surface area contributed by atoms with Crippen molar-refractivity contribution in [3.63, 3.8) is 0 Å². The first kappa shape index (κ1) is 20.3. The van der Waals surface area contributed by atoms with Crippen LogP contribution in [0.1, 0.15) is 57.4 Å². The molecule has 1 aliphatic carbocycles. The van der Waals surface area contributed by atoms with Crippen molar-refractivity contribution in [1.82, 2.24) is 10.2 Å². The summed E-state index contributed by atoms with van der Waals surface area (Å²) in [6.07, 6.45) is 5.66. The van der Waals surface area contributed by atoms with Crippen LogP contribution in [0.4, 0.5) is 0 Å². The van der Waals surface area contributed by atoms with Gasteiger partial charge in [-0.1, -0.05) is 44.2 Å². The zero-order chi connectivity index (χ0) is 16.9. The molecule has 1 unspecified atom stereocenters. The average Bonchev–Trinajstić information content (AvgIpc) is 3.43. The van der Waals surface area contributed by atoms with E-state index >= 15 is 0 Å². The lowest BCUT2D eigenvalue weighted by atomic mass is 9.85. The minimum absolute atomic E-state index is 0. The van der Waals surface area contributed by atoms with Crippen LogP contribution in [0, 0.1) is 11.8 Å². The molecule has 1 aromatic carbocycles. The fourth-order valence-electron chi connectivity index (χ4n) is 3.74. The number of nitrogens with zero attached hydrogens (tertiary/aromatic N) is 1. The maximum Gasteiger partial charge on any atom is 0.223 e. The molecule has 1 saturated carbocycles. The van der Waals surface area contributed by atoms with Crippen molar-refractivity contribution in [3.05, 3.63) is 35.9 Å². The molecule has 1 amide bonds. The number of likely N-dealkylation sites (tertiary alicyclic amines) is 1. The summed E-state index contributed by atoms with van der Waals surface area (Å²) >= 11 is 0. The summed E-state index contributed by atoms with van der Waals surface area (Å²) in [7, 11) is 0. The quantitative estimate of drug-likeness (QED) is 0.785. The highest BCUT2D eigenvalue weighted by atomic mass is 35.5. The molecule has 3 nitrogen and oxygen atoms in total. The third-order valence-corrected chi connectivity index (χ3v) is 5.67. The van der Waals surface area contributed by atoms with Gasteiger partial charge in [-0.05, 0) is 55.5 Å². The summed E-state index contributed by atoms with van der Waals surface area (Å²) in [5, 5.41) is 3.69. The maximum atomic E-state index is 12.8. The molecule has 140 valence electrons. The number of hydrogen-bond acceptors (Lipinski definition) is 2. The van der Waals surface area contributed by atoms with Gasteiger partial charge in [-0.25, -0.2) is 0 Å². The van der Waals surface area contributed by atoms with E-state index in [9.17, 15) is 4.79 Å².